The van der Waals surface area contributed by atoms with E-state index < -0.39 is 0 Å². The first kappa shape index (κ1) is 16.9. The zero-order valence-electron chi connectivity index (χ0n) is 13.8. The van der Waals surface area contributed by atoms with Gasteiger partial charge in [-0.1, -0.05) is 26.0 Å². The van der Waals surface area contributed by atoms with Crippen molar-refractivity contribution in [2.45, 2.75) is 58.9 Å². The van der Waals surface area contributed by atoms with Gasteiger partial charge in [-0.3, -0.25) is 0 Å². The van der Waals surface area contributed by atoms with Crippen LogP contribution < -0.4 is 5.32 Å². The van der Waals surface area contributed by atoms with Gasteiger partial charge in [0.25, 0.3) is 0 Å². The van der Waals surface area contributed by atoms with Crippen molar-refractivity contribution in [1.29, 1.82) is 0 Å². The van der Waals surface area contributed by atoms with E-state index in [2.05, 4.69) is 52.3 Å². The second kappa shape index (κ2) is 7.73. The molecule has 1 aliphatic carbocycles. The summed E-state index contributed by atoms with van der Waals surface area (Å²) in [5.41, 5.74) is 1.21. The molecule has 1 atom stereocenters. The third-order valence-electron chi connectivity index (χ3n) is 4.97. The minimum absolute atomic E-state index is 0.368. The maximum Gasteiger partial charge on any atom is 0.153 e. The number of aryl methyl sites for hydroxylation is 1. The zero-order valence-corrected chi connectivity index (χ0v) is 15.4. The van der Waals surface area contributed by atoms with Crippen LogP contribution in [0.3, 0.4) is 0 Å². The van der Waals surface area contributed by atoms with Crippen molar-refractivity contribution in [3.05, 3.63) is 10.3 Å². The molecule has 1 N–H and O–H groups in total. The van der Waals surface area contributed by atoms with Crippen molar-refractivity contribution in [2.24, 2.45) is 24.8 Å². The molecule has 1 aliphatic rings. The summed E-state index contributed by atoms with van der Waals surface area (Å²) in [4.78, 5) is 0. The van der Waals surface area contributed by atoms with E-state index in [0.717, 1.165) is 29.4 Å². The standard InChI is InChI=1S/C16H29BrN4/c1-5-10-18-14(15-16(17)19-20-21(15)4)13-8-6-12(7-9-13)11(2)3/h11-14,18H,5-10H2,1-4H3. The summed E-state index contributed by atoms with van der Waals surface area (Å²) in [6.45, 7) is 7.99. The van der Waals surface area contributed by atoms with Gasteiger partial charge in [0.15, 0.2) is 4.60 Å². The SMILES string of the molecule is CCCNC(c1c(Br)nnn1C)C1CCC(C(C)C)CC1. The molecule has 4 nitrogen and oxygen atoms in total. The van der Waals surface area contributed by atoms with Crippen molar-refractivity contribution in [3.8, 4) is 0 Å². The first-order chi connectivity index (χ1) is 10.0. The van der Waals surface area contributed by atoms with Crippen LogP contribution in [0.1, 0.15) is 64.6 Å². The Hall–Kier alpha value is -0.420. The molecule has 1 fully saturated rings. The fourth-order valence-electron chi connectivity index (χ4n) is 3.60. The number of halogens is 1. The predicted octanol–water partition coefficient (Wildman–Crippen LogP) is 4.08. The summed E-state index contributed by atoms with van der Waals surface area (Å²) in [6, 6.07) is 0.368. The fraction of sp³-hybridized carbons (Fsp3) is 0.875. The van der Waals surface area contributed by atoms with E-state index in [1.807, 2.05) is 11.7 Å². The van der Waals surface area contributed by atoms with Gasteiger partial charge in [-0.15, -0.1) is 5.10 Å². The second-order valence-corrected chi connectivity index (χ2v) is 7.49. The Morgan fingerprint density at radius 3 is 2.33 bits per heavy atom. The van der Waals surface area contributed by atoms with Crippen LogP contribution in [0.15, 0.2) is 4.60 Å². The molecular weight excluding hydrogens is 328 g/mol. The molecule has 0 spiro atoms. The van der Waals surface area contributed by atoms with Crippen LogP contribution in [0, 0.1) is 17.8 Å². The quantitative estimate of drug-likeness (QED) is 0.834. The van der Waals surface area contributed by atoms with Gasteiger partial charge in [-0.2, -0.15) is 0 Å². The van der Waals surface area contributed by atoms with Crippen LogP contribution in [-0.2, 0) is 7.05 Å². The smallest absolute Gasteiger partial charge is 0.153 e. The van der Waals surface area contributed by atoms with Gasteiger partial charge in [0.1, 0.15) is 0 Å². The third kappa shape index (κ3) is 4.07. The van der Waals surface area contributed by atoms with E-state index in [0.29, 0.717) is 12.0 Å². The number of nitrogens with one attached hydrogen (secondary N) is 1. The van der Waals surface area contributed by atoms with Crippen LogP contribution in [0.2, 0.25) is 0 Å². The van der Waals surface area contributed by atoms with Gasteiger partial charge in [0.2, 0.25) is 0 Å². The molecule has 1 saturated carbocycles. The lowest BCUT2D eigenvalue weighted by molar-refractivity contribution is 0.185. The number of nitrogens with zero attached hydrogens (tertiary/aromatic N) is 3. The largest absolute Gasteiger partial charge is 0.308 e. The summed E-state index contributed by atoms with van der Waals surface area (Å²) < 4.78 is 2.82. The molecule has 21 heavy (non-hydrogen) atoms. The van der Waals surface area contributed by atoms with Gasteiger partial charge < -0.3 is 5.32 Å². The first-order valence-electron chi connectivity index (χ1n) is 8.33. The monoisotopic (exact) mass is 356 g/mol. The fourth-order valence-corrected chi connectivity index (χ4v) is 4.17. The minimum Gasteiger partial charge on any atom is -0.308 e. The predicted molar refractivity (Wildman–Crippen MR) is 90.0 cm³/mol. The summed E-state index contributed by atoms with van der Waals surface area (Å²) in [6.07, 6.45) is 6.48. The molecule has 0 amide bonds. The minimum atomic E-state index is 0.368. The average molecular weight is 357 g/mol. The molecule has 2 rings (SSSR count). The lowest BCUT2D eigenvalue weighted by atomic mass is 9.74. The van der Waals surface area contributed by atoms with Crippen LogP contribution in [-0.4, -0.2) is 21.5 Å². The summed E-state index contributed by atoms with van der Waals surface area (Å²) in [5, 5.41) is 12.1. The molecule has 0 saturated heterocycles. The van der Waals surface area contributed by atoms with E-state index in [-0.39, 0.29) is 0 Å². The molecule has 1 aromatic rings. The Kier molecular flexibility index (Phi) is 6.23. The Labute approximate surface area is 137 Å². The van der Waals surface area contributed by atoms with Crippen LogP contribution in [0.4, 0.5) is 0 Å². The molecule has 1 heterocycles. The maximum absolute atomic E-state index is 4.17. The van der Waals surface area contributed by atoms with Crippen molar-refractivity contribution in [2.75, 3.05) is 6.54 Å². The normalized spacial score (nSPS) is 24.5. The van der Waals surface area contributed by atoms with Crippen molar-refractivity contribution in [3.63, 3.8) is 0 Å². The number of hydrogen-bond acceptors (Lipinski definition) is 3. The van der Waals surface area contributed by atoms with Gasteiger partial charge in [0.05, 0.1) is 11.7 Å². The highest BCUT2D eigenvalue weighted by Gasteiger charge is 2.32. The molecule has 0 radical (unpaired) electrons. The van der Waals surface area contributed by atoms with E-state index in [1.54, 1.807) is 0 Å². The molecule has 0 aliphatic heterocycles. The molecule has 1 aromatic heterocycles. The van der Waals surface area contributed by atoms with Crippen molar-refractivity contribution in [1.82, 2.24) is 20.3 Å². The van der Waals surface area contributed by atoms with E-state index >= 15 is 0 Å². The molecule has 120 valence electrons. The highest BCUT2D eigenvalue weighted by atomic mass is 79.9. The third-order valence-corrected chi connectivity index (χ3v) is 5.53. The second-order valence-electron chi connectivity index (χ2n) is 6.74. The number of aromatic nitrogens is 3. The molecule has 0 bridgehead atoms. The van der Waals surface area contributed by atoms with Crippen LogP contribution in [0.25, 0.3) is 0 Å². The Morgan fingerprint density at radius 1 is 1.24 bits per heavy atom. The van der Waals surface area contributed by atoms with Gasteiger partial charge in [0, 0.05) is 7.05 Å². The van der Waals surface area contributed by atoms with Crippen molar-refractivity contribution >= 4 is 15.9 Å². The molecular formula is C16H29BrN4. The van der Waals surface area contributed by atoms with Gasteiger partial charge in [-0.25, -0.2) is 4.68 Å². The number of rotatable bonds is 6. The average Bonchev–Trinajstić information content (AvgIpc) is 2.80. The first-order valence-corrected chi connectivity index (χ1v) is 9.12. The lowest BCUT2D eigenvalue weighted by Gasteiger charge is -2.35. The Bertz CT molecular complexity index is 416. The highest BCUT2D eigenvalue weighted by molar-refractivity contribution is 9.10. The van der Waals surface area contributed by atoms with Gasteiger partial charge >= 0.3 is 0 Å². The summed E-state index contributed by atoms with van der Waals surface area (Å²) in [7, 11) is 1.99. The lowest BCUT2D eigenvalue weighted by Crippen LogP contribution is -2.33. The van der Waals surface area contributed by atoms with Crippen LogP contribution in [0.5, 0.6) is 0 Å². The topological polar surface area (TPSA) is 42.7 Å². The van der Waals surface area contributed by atoms with E-state index in [9.17, 15) is 0 Å². The maximum atomic E-state index is 4.17. The van der Waals surface area contributed by atoms with E-state index in [4.69, 9.17) is 0 Å². The molecule has 5 heteroatoms. The van der Waals surface area contributed by atoms with E-state index in [1.165, 1.54) is 31.4 Å². The zero-order chi connectivity index (χ0) is 15.4. The van der Waals surface area contributed by atoms with Gasteiger partial charge in [-0.05, 0) is 72.3 Å². The summed E-state index contributed by atoms with van der Waals surface area (Å²) in [5.74, 6) is 2.42. The van der Waals surface area contributed by atoms with Crippen LogP contribution >= 0.6 is 15.9 Å². The summed E-state index contributed by atoms with van der Waals surface area (Å²) >= 11 is 3.58. The van der Waals surface area contributed by atoms with Crippen molar-refractivity contribution < 1.29 is 0 Å². The highest BCUT2D eigenvalue weighted by Crippen LogP contribution is 2.40. The molecule has 0 aromatic carbocycles. The Morgan fingerprint density at radius 2 is 1.86 bits per heavy atom. The Balaban J connectivity index is 2.11. The number of hydrogen-bond donors (Lipinski definition) is 1. The molecule has 1 unspecified atom stereocenters.